The van der Waals surface area contributed by atoms with E-state index in [4.69, 9.17) is 9.84 Å². The van der Waals surface area contributed by atoms with Crippen LogP contribution in [-0.4, -0.2) is 24.0 Å². The number of carbonyl (C=O) groups is 2. The molecule has 1 N–H and O–H groups in total. The minimum Gasteiger partial charge on any atom is -0.496 e. The summed E-state index contributed by atoms with van der Waals surface area (Å²) in [4.78, 5) is 22.1. The zero-order valence-electron chi connectivity index (χ0n) is 9.98. The van der Waals surface area contributed by atoms with Crippen molar-refractivity contribution in [3.05, 3.63) is 41.0 Å². The maximum absolute atomic E-state index is 11.7. The lowest BCUT2D eigenvalue weighted by atomic mass is 10.0. The number of allylic oxidation sites excluding steroid dienone is 1. The minimum absolute atomic E-state index is 0.323. The van der Waals surface area contributed by atoms with Gasteiger partial charge in [0.1, 0.15) is 5.75 Å². The van der Waals surface area contributed by atoms with Gasteiger partial charge in [-0.05, 0) is 43.2 Å². The molecule has 0 saturated carbocycles. The number of ketones is 1. The van der Waals surface area contributed by atoms with Crippen LogP contribution in [0.25, 0.3) is 0 Å². The van der Waals surface area contributed by atoms with E-state index in [0.717, 1.165) is 23.3 Å². The quantitative estimate of drug-likeness (QED) is 0.640. The molecule has 0 bridgehead atoms. The molecule has 0 fully saturated rings. The molecule has 4 nitrogen and oxygen atoms in total. The van der Waals surface area contributed by atoms with Crippen LogP contribution in [0.4, 0.5) is 0 Å². The average Bonchev–Trinajstić information content (AvgIpc) is 2.28. The minimum atomic E-state index is -1.14. The van der Waals surface area contributed by atoms with Crippen LogP contribution in [0, 0.1) is 13.8 Å². The van der Waals surface area contributed by atoms with Crippen LogP contribution in [0.1, 0.15) is 21.5 Å². The molecule has 0 saturated heterocycles. The molecule has 4 heteroatoms. The second-order valence-electron chi connectivity index (χ2n) is 3.67. The molecule has 90 valence electrons. The molecule has 0 aromatic heterocycles. The summed E-state index contributed by atoms with van der Waals surface area (Å²) in [6.45, 7) is 3.61. The van der Waals surface area contributed by atoms with Gasteiger partial charge >= 0.3 is 5.97 Å². The third-order valence-corrected chi connectivity index (χ3v) is 2.38. The zero-order chi connectivity index (χ0) is 13.0. The molecule has 0 amide bonds. The fourth-order valence-electron chi connectivity index (χ4n) is 1.51. The van der Waals surface area contributed by atoms with Crippen molar-refractivity contribution in [1.29, 1.82) is 0 Å². The van der Waals surface area contributed by atoms with Crippen molar-refractivity contribution >= 4 is 11.8 Å². The number of methoxy groups -OCH3 is 1. The predicted molar refractivity (Wildman–Crippen MR) is 63.6 cm³/mol. The molecule has 17 heavy (non-hydrogen) atoms. The van der Waals surface area contributed by atoms with Gasteiger partial charge in [-0.3, -0.25) is 4.79 Å². The fourth-order valence-corrected chi connectivity index (χ4v) is 1.51. The highest BCUT2D eigenvalue weighted by molar-refractivity contribution is 6.07. The molecule has 1 rings (SSSR count). The SMILES string of the molecule is COc1cc(C)c(C(=O)/C=C/C(=O)O)cc1C. The van der Waals surface area contributed by atoms with Gasteiger partial charge in [0.2, 0.25) is 0 Å². The van der Waals surface area contributed by atoms with Gasteiger partial charge in [-0.25, -0.2) is 4.79 Å². The highest BCUT2D eigenvalue weighted by Gasteiger charge is 2.10. The number of aliphatic carboxylic acids is 1. The first kappa shape index (κ1) is 13.0. The fraction of sp³-hybridized carbons (Fsp3) is 0.231. The van der Waals surface area contributed by atoms with Crippen molar-refractivity contribution in [1.82, 2.24) is 0 Å². The Bertz CT molecular complexity index is 486. The molecule has 0 spiro atoms. The van der Waals surface area contributed by atoms with Gasteiger partial charge in [0.25, 0.3) is 0 Å². The van der Waals surface area contributed by atoms with E-state index in [9.17, 15) is 9.59 Å². The van der Waals surface area contributed by atoms with Crippen molar-refractivity contribution in [3.63, 3.8) is 0 Å². The molecular formula is C13H14O4. The van der Waals surface area contributed by atoms with E-state index in [1.807, 2.05) is 6.92 Å². The number of carboxylic acid groups (broad SMARTS) is 1. The monoisotopic (exact) mass is 234 g/mol. The van der Waals surface area contributed by atoms with Crippen molar-refractivity contribution < 1.29 is 19.4 Å². The maximum Gasteiger partial charge on any atom is 0.328 e. The van der Waals surface area contributed by atoms with Crippen LogP contribution in [-0.2, 0) is 4.79 Å². The van der Waals surface area contributed by atoms with Gasteiger partial charge in [-0.1, -0.05) is 0 Å². The first-order valence-electron chi connectivity index (χ1n) is 5.06. The van der Waals surface area contributed by atoms with E-state index >= 15 is 0 Å². The Balaban J connectivity index is 3.11. The Morgan fingerprint density at radius 2 is 1.82 bits per heavy atom. The topological polar surface area (TPSA) is 63.6 Å². The molecule has 1 aromatic rings. The van der Waals surface area contributed by atoms with Gasteiger partial charge in [-0.15, -0.1) is 0 Å². The first-order valence-corrected chi connectivity index (χ1v) is 5.06. The van der Waals surface area contributed by atoms with Gasteiger partial charge in [0.05, 0.1) is 7.11 Å². The lowest BCUT2D eigenvalue weighted by Gasteiger charge is -2.09. The summed E-state index contributed by atoms with van der Waals surface area (Å²) in [7, 11) is 1.56. The molecule has 0 radical (unpaired) electrons. The molecule has 0 atom stereocenters. The number of carbonyl (C=O) groups excluding carboxylic acids is 1. The molecule has 0 aliphatic rings. The van der Waals surface area contributed by atoms with Crippen molar-refractivity contribution in [2.24, 2.45) is 0 Å². The van der Waals surface area contributed by atoms with Crippen molar-refractivity contribution in [2.45, 2.75) is 13.8 Å². The lowest BCUT2D eigenvalue weighted by Crippen LogP contribution is -2.01. The Labute approximate surface area is 99.5 Å². The Hall–Kier alpha value is -2.10. The first-order chi connectivity index (χ1) is 7.95. The Kier molecular flexibility index (Phi) is 4.04. The molecule has 0 aliphatic heterocycles. The van der Waals surface area contributed by atoms with E-state index in [1.54, 1.807) is 26.2 Å². The van der Waals surface area contributed by atoms with Crippen LogP contribution in [0.3, 0.4) is 0 Å². The highest BCUT2D eigenvalue weighted by Crippen LogP contribution is 2.22. The molecule has 0 aliphatic carbocycles. The standard InChI is InChI=1S/C13H14O4/c1-8-7-12(17-3)9(2)6-10(8)11(14)4-5-13(15)16/h4-7H,1-3H3,(H,15,16)/b5-4+. The smallest absolute Gasteiger partial charge is 0.328 e. The lowest BCUT2D eigenvalue weighted by molar-refractivity contribution is -0.131. The third kappa shape index (κ3) is 3.17. The second kappa shape index (κ2) is 5.30. The zero-order valence-corrected chi connectivity index (χ0v) is 9.98. The van der Waals surface area contributed by atoms with Crippen LogP contribution >= 0.6 is 0 Å². The third-order valence-electron chi connectivity index (χ3n) is 2.38. The normalized spacial score (nSPS) is 10.5. The number of carboxylic acids is 1. The van der Waals surface area contributed by atoms with E-state index in [1.165, 1.54) is 0 Å². The van der Waals surface area contributed by atoms with Crippen LogP contribution < -0.4 is 4.74 Å². The maximum atomic E-state index is 11.7. The number of rotatable bonds is 4. The summed E-state index contributed by atoms with van der Waals surface area (Å²) in [5, 5.41) is 8.46. The summed E-state index contributed by atoms with van der Waals surface area (Å²) in [6.07, 6.45) is 1.89. The molecular weight excluding hydrogens is 220 g/mol. The van der Waals surface area contributed by atoms with E-state index in [-0.39, 0.29) is 5.78 Å². The van der Waals surface area contributed by atoms with Crippen LogP contribution in [0.15, 0.2) is 24.3 Å². The second-order valence-corrected chi connectivity index (χ2v) is 3.67. The van der Waals surface area contributed by atoms with Gasteiger partial charge in [-0.2, -0.15) is 0 Å². The number of ether oxygens (including phenoxy) is 1. The van der Waals surface area contributed by atoms with E-state index in [0.29, 0.717) is 11.3 Å². The Morgan fingerprint density at radius 3 is 2.35 bits per heavy atom. The molecule has 0 heterocycles. The summed E-state index contributed by atoms with van der Waals surface area (Å²) in [6, 6.07) is 3.46. The van der Waals surface area contributed by atoms with E-state index in [2.05, 4.69) is 0 Å². The highest BCUT2D eigenvalue weighted by atomic mass is 16.5. The summed E-state index contributed by atoms with van der Waals surface area (Å²) in [5.74, 6) is -0.752. The number of aryl methyl sites for hydroxylation is 2. The molecule has 1 aromatic carbocycles. The van der Waals surface area contributed by atoms with Crippen LogP contribution in [0.2, 0.25) is 0 Å². The molecule has 0 unspecified atom stereocenters. The summed E-state index contributed by atoms with van der Waals surface area (Å²) >= 11 is 0. The van der Waals surface area contributed by atoms with Gasteiger partial charge in [0, 0.05) is 11.6 Å². The van der Waals surface area contributed by atoms with Crippen LogP contribution in [0.5, 0.6) is 5.75 Å². The average molecular weight is 234 g/mol. The van der Waals surface area contributed by atoms with Gasteiger partial charge < -0.3 is 9.84 Å². The van der Waals surface area contributed by atoms with E-state index < -0.39 is 5.97 Å². The number of hydrogen-bond donors (Lipinski definition) is 1. The predicted octanol–water partition coefficient (Wildman–Crippen LogP) is 2.14. The summed E-state index contributed by atoms with van der Waals surface area (Å²) < 4.78 is 5.14. The largest absolute Gasteiger partial charge is 0.496 e. The van der Waals surface area contributed by atoms with Crippen molar-refractivity contribution in [2.75, 3.05) is 7.11 Å². The van der Waals surface area contributed by atoms with Gasteiger partial charge in [0.15, 0.2) is 5.78 Å². The van der Waals surface area contributed by atoms with Crippen molar-refractivity contribution in [3.8, 4) is 5.75 Å². The Morgan fingerprint density at radius 1 is 1.18 bits per heavy atom. The number of hydrogen-bond acceptors (Lipinski definition) is 3. The summed E-state index contributed by atoms with van der Waals surface area (Å²) in [5.41, 5.74) is 2.08. The number of benzene rings is 1.